The molecule has 3 aromatic rings. The molecule has 0 bridgehead atoms. The van der Waals surface area contributed by atoms with Crippen LogP contribution in [0.1, 0.15) is 0 Å². The summed E-state index contributed by atoms with van der Waals surface area (Å²) in [7, 11) is 0. The molecule has 2 heterocycles. The van der Waals surface area contributed by atoms with Crippen molar-refractivity contribution < 1.29 is 0 Å². The summed E-state index contributed by atoms with van der Waals surface area (Å²) in [5, 5.41) is 1.97. The van der Waals surface area contributed by atoms with E-state index < -0.39 is 0 Å². The van der Waals surface area contributed by atoms with Crippen LogP contribution >= 0.6 is 0 Å². The van der Waals surface area contributed by atoms with Crippen molar-refractivity contribution in [3.8, 4) is 0 Å². The number of benzene rings is 1. The Morgan fingerprint density at radius 3 is 2.93 bits per heavy atom. The summed E-state index contributed by atoms with van der Waals surface area (Å²) in [6.45, 7) is 0. The maximum absolute atomic E-state index is 11.1. The smallest absolute Gasteiger partial charge is 0.197 e. The van der Waals surface area contributed by atoms with Gasteiger partial charge in [-0.05, 0) is 12.1 Å². The number of pyridine rings is 2. The van der Waals surface area contributed by atoms with Gasteiger partial charge in [0.15, 0.2) is 5.43 Å². The lowest BCUT2D eigenvalue weighted by Crippen LogP contribution is -1.98. The van der Waals surface area contributed by atoms with E-state index in [1.165, 1.54) is 6.20 Å². The fourth-order valence-electron chi connectivity index (χ4n) is 1.77. The van der Waals surface area contributed by atoms with Gasteiger partial charge in [-0.25, -0.2) is 4.98 Å². The highest BCUT2D eigenvalue weighted by Gasteiger charge is 2.01. The van der Waals surface area contributed by atoms with Crippen molar-refractivity contribution in [1.29, 1.82) is 0 Å². The van der Waals surface area contributed by atoms with Crippen LogP contribution in [0.5, 0.6) is 0 Å². The van der Waals surface area contributed by atoms with Crippen LogP contribution < -0.4 is 5.43 Å². The van der Waals surface area contributed by atoms with Gasteiger partial charge >= 0.3 is 0 Å². The zero-order valence-electron chi connectivity index (χ0n) is 7.90. The molecule has 2 aromatic heterocycles. The molecule has 0 radical (unpaired) electrons. The lowest BCUT2D eigenvalue weighted by atomic mass is 10.1. The molecule has 0 spiro atoms. The van der Waals surface area contributed by atoms with E-state index in [0.29, 0.717) is 0 Å². The molecule has 0 fully saturated rings. The highest BCUT2D eigenvalue weighted by atomic mass is 16.1. The maximum Gasteiger partial charge on any atom is 0.197 e. The van der Waals surface area contributed by atoms with Crippen molar-refractivity contribution in [1.82, 2.24) is 9.97 Å². The highest BCUT2D eigenvalue weighted by molar-refractivity contribution is 6.02. The molecule has 1 aromatic carbocycles. The van der Waals surface area contributed by atoms with E-state index >= 15 is 0 Å². The summed E-state index contributed by atoms with van der Waals surface area (Å²) < 4.78 is 0. The lowest BCUT2D eigenvalue weighted by molar-refractivity contribution is 1.35. The van der Waals surface area contributed by atoms with Crippen LogP contribution in [0.2, 0.25) is 0 Å². The second kappa shape index (κ2) is 2.92. The molecule has 3 rings (SSSR count). The van der Waals surface area contributed by atoms with Crippen molar-refractivity contribution in [2.45, 2.75) is 0 Å². The molecule has 0 aliphatic carbocycles. The third-order valence-corrected chi connectivity index (χ3v) is 2.46. The molecule has 0 aliphatic rings. The third kappa shape index (κ3) is 1.21. The van der Waals surface area contributed by atoms with Gasteiger partial charge in [0.25, 0.3) is 0 Å². The predicted molar refractivity (Wildman–Crippen MR) is 59.9 cm³/mol. The summed E-state index contributed by atoms with van der Waals surface area (Å²) in [5.41, 5.74) is 1.75. The van der Waals surface area contributed by atoms with E-state index in [4.69, 9.17) is 0 Å². The number of aromatic nitrogens is 2. The molecule has 0 unspecified atom stereocenters. The van der Waals surface area contributed by atoms with Crippen LogP contribution in [0.3, 0.4) is 0 Å². The summed E-state index contributed by atoms with van der Waals surface area (Å²) >= 11 is 0. The van der Waals surface area contributed by atoms with Crippen LogP contribution in [-0.4, -0.2) is 9.97 Å². The first kappa shape index (κ1) is 8.17. The molecule has 3 heteroatoms. The first-order valence-electron chi connectivity index (χ1n) is 4.71. The van der Waals surface area contributed by atoms with Crippen molar-refractivity contribution in [2.75, 3.05) is 0 Å². The average molecular weight is 196 g/mol. The number of fused-ring (bicyclic) bond motifs is 3. The Balaban J connectivity index is 2.60. The van der Waals surface area contributed by atoms with Gasteiger partial charge in [-0.3, -0.25) is 4.79 Å². The van der Waals surface area contributed by atoms with E-state index in [1.807, 2.05) is 30.5 Å². The van der Waals surface area contributed by atoms with Gasteiger partial charge in [0.2, 0.25) is 0 Å². The van der Waals surface area contributed by atoms with E-state index in [1.54, 1.807) is 6.07 Å². The van der Waals surface area contributed by atoms with Crippen LogP contribution in [0.4, 0.5) is 0 Å². The number of nitrogens with zero attached hydrogens (tertiary/aromatic N) is 1. The first-order valence-corrected chi connectivity index (χ1v) is 4.71. The Morgan fingerprint density at radius 2 is 2.00 bits per heavy atom. The molecule has 15 heavy (non-hydrogen) atoms. The minimum atomic E-state index is -0.0576. The van der Waals surface area contributed by atoms with Gasteiger partial charge in [0.05, 0.1) is 17.2 Å². The Kier molecular flexibility index (Phi) is 1.59. The quantitative estimate of drug-likeness (QED) is 0.559. The van der Waals surface area contributed by atoms with Crippen LogP contribution in [0, 0.1) is 0 Å². The molecular weight excluding hydrogens is 188 g/mol. The molecule has 0 saturated heterocycles. The Bertz CT molecular complexity index is 700. The summed E-state index contributed by atoms with van der Waals surface area (Å²) in [6.07, 6.45) is 3.21. The highest BCUT2D eigenvalue weighted by Crippen LogP contribution is 2.19. The van der Waals surface area contributed by atoms with Crippen molar-refractivity contribution >= 4 is 21.8 Å². The Hall–Kier alpha value is -2.16. The summed E-state index contributed by atoms with van der Waals surface area (Å²) in [4.78, 5) is 18.5. The summed E-state index contributed by atoms with van der Waals surface area (Å²) in [5.74, 6) is 0. The molecule has 0 atom stereocenters. The number of hydrogen-bond acceptors (Lipinski definition) is 2. The van der Waals surface area contributed by atoms with Gasteiger partial charge in [-0.15, -0.1) is 0 Å². The minimum Gasteiger partial charge on any atom is -0.359 e. The number of hydrogen-bond donors (Lipinski definition) is 1. The van der Waals surface area contributed by atoms with E-state index in [2.05, 4.69) is 9.97 Å². The van der Waals surface area contributed by atoms with Crippen molar-refractivity contribution in [3.63, 3.8) is 0 Å². The van der Waals surface area contributed by atoms with Gasteiger partial charge in [-0.1, -0.05) is 18.2 Å². The zero-order valence-corrected chi connectivity index (χ0v) is 7.90. The fourth-order valence-corrected chi connectivity index (χ4v) is 1.77. The Labute approximate surface area is 85.4 Å². The molecule has 1 N–H and O–H groups in total. The lowest BCUT2D eigenvalue weighted by Gasteiger charge is -2.01. The largest absolute Gasteiger partial charge is 0.359 e. The van der Waals surface area contributed by atoms with E-state index in [0.717, 1.165) is 21.8 Å². The number of aromatic amines is 1. The zero-order chi connectivity index (χ0) is 10.3. The number of nitrogens with one attached hydrogen (secondary N) is 1. The molecular formula is C12H8N2O. The number of rotatable bonds is 0. The van der Waals surface area contributed by atoms with Crippen molar-refractivity contribution in [2.24, 2.45) is 0 Å². The Morgan fingerprint density at radius 1 is 1.13 bits per heavy atom. The molecule has 0 aliphatic heterocycles. The first-order chi connectivity index (χ1) is 7.34. The second-order valence-corrected chi connectivity index (χ2v) is 3.44. The van der Waals surface area contributed by atoms with Crippen LogP contribution in [0.15, 0.2) is 47.5 Å². The molecule has 0 amide bonds. The van der Waals surface area contributed by atoms with Crippen molar-refractivity contribution in [3.05, 3.63) is 52.9 Å². The maximum atomic E-state index is 11.1. The second-order valence-electron chi connectivity index (χ2n) is 3.44. The van der Waals surface area contributed by atoms with Gasteiger partial charge in [0, 0.05) is 17.0 Å². The molecule has 3 nitrogen and oxygen atoms in total. The topological polar surface area (TPSA) is 45.8 Å². The van der Waals surface area contributed by atoms with Gasteiger partial charge < -0.3 is 4.98 Å². The third-order valence-electron chi connectivity index (χ3n) is 2.46. The van der Waals surface area contributed by atoms with E-state index in [9.17, 15) is 4.79 Å². The minimum absolute atomic E-state index is 0.0576. The average Bonchev–Trinajstić information content (AvgIpc) is 2.28. The molecule has 72 valence electrons. The van der Waals surface area contributed by atoms with E-state index in [-0.39, 0.29) is 5.43 Å². The molecule has 0 saturated carbocycles. The van der Waals surface area contributed by atoms with Gasteiger partial charge in [-0.2, -0.15) is 0 Å². The normalized spacial score (nSPS) is 10.9. The van der Waals surface area contributed by atoms with Gasteiger partial charge in [0.1, 0.15) is 0 Å². The standard InChI is InChI=1S/C12H8N2O/c15-10-6-9-4-3-8-2-1-5-13-11(8)12(9)14-7-10/h1-7,13H. The summed E-state index contributed by atoms with van der Waals surface area (Å²) in [6, 6.07) is 9.45. The SMILES string of the molecule is O=c1cnc2c(ccc3ccc[nH]c32)c1. The fraction of sp³-hybridized carbons (Fsp3) is 0. The number of H-pyrrole nitrogens is 1. The van der Waals surface area contributed by atoms with Crippen LogP contribution in [0.25, 0.3) is 21.8 Å². The van der Waals surface area contributed by atoms with Crippen LogP contribution in [-0.2, 0) is 0 Å². The monoisotopic (exact) mass is 196 g/mol. The predicted octanol–water partition coefficient (Wildman–Crippen LogP) is 2.08.